The molecule has 0 aliphatic rings. The summed E-state index contributed by atoms with van der Waals surface area (Å²) >= 11 is 22.6. The van der Waals surface area contributed by atoms with Gasteiger partial charge in [-0.15, -0.1) is 0 Å². The normalized spacial score (nSPS) is 11.9. The zero-order chi connectivity index (χ0) is 26.3. The number of hydrogen-bond acceptors (Lipinski definition) is 4. The van der Waals surface area contributed by atoms with Gasteiger partial charge in [-0.05, 0) is 6.07 Å². The summed E-state index contributed by atoms with van der Waals surface area (Å²) in [5.41, 5.74) is -3.22. The zero-order valence-electron chi connectivity index (χ0n) is 16.4. The van der Waals surface area contributed by atoms with Crippen LogP contribution in [-0.2, 0) is 12.4 Å². The molecule has 0 saturated carbocycles. The van der Waals surface area contributed by atoms with E-state index in [2.05, 4.69) is 0 Å². The van der Waals surface area contributed by atoms with E-state index in [0.29, 0.717) is 0 Å². The standard InChI is InChI=1S/C20H7Cl4F6NO4/c21-11-3-9(4-12(22)17(11)19(25,26)27)34-8-1-2-15(31(32)33)16(7-8)35-10-5-13(23)18(14(24)6-10)20(28,29)30/h1-7H. The molecule has 0 heterocycles. The molecule has 0 bridgehead atoms. The predicted molar refractivity (Wildman–Crippen MR) is 116 cm³/mol. The zero-order valence-corrected chi connectivity index (χ0v) is 19.4. The lowest BCUT2D eigenvalue weighted by Gasteiger charge is -2.15. The number of hydrogen-bond donors (Lipinski definition) is 0. The monoisotopic (exact) mass is 579 g/mol. The Balaban J connectivity index is 1.98. The highest BCUT2D eigenvalue weighted by Gasteiger charge is 2.37. The highest BCUT2D eigenvalue weighted by molar-refractivity contribution is 6.37. The van der Waals surface area contributed by atoms with Crippen LogP contribution in [0.15, 0.2) is 42.5 Å². The van der Waals surface area contributed by atoms with Gasteiger partial charge in [0.15, 0.2) is 0 Å². The summed E-state index contributed by atoms with van der Waals surface area (Å²) < 4.78 is 88.9. The average Bonchev–Trinajstić information content (AvgIpc) is 2.64. The second kappa shape index (κ2) is 9.81. The van der Waals surface area contributed by atoms with Crippen molar-refractivity contribution >= 4 is 52.1 Å². The van der Waals surface area contributed by atoms with Crippen molar-refractivity contribution < 1.29 is 40.7 Å². The van der Waals surface area contributed by atoms with Gasteiger partial charge in [-0.1, -0.05) is 46.4 Å². The first-order valence-corrected chi connectivity index (χ1v) is 10.4. The van der Waals surface area contributed by atoms with Crippen molar-refractivity contribution in [2.24, 2.45) is 0 Å². The maximum Gasteiger partial charge on any atom is 0.419 e. The molecule has 0 fully saturated rings. The number of halogens is 10. The number of rotatable bonds is 5. The summed E-state index contributed by atoms with van der Waals surface area (Å²) in [6.45, 7) is 0. The Morgan fingerprint density at radius 3 is 1.43 bits per heavy atom. The molecule has 15 heteroatoms. The molecule has 5 nitrogen and oxygen atoms in total. The SMILES string of the molecule is O=[N+]([O-])c1ccc(Oc2cc(Cl)c(C(F)(F)F)c(Cl)c2)cc1Oc1cc(Cl)c(C(F)(F)F)c(Cl)c1. The Hall–Kier alpha value is -2.60. The molecule has 0 atom stereocenters. The third-order valence-electron chi connectivity index (χ3n) is 4.19. The Labute approximate surface area is 211 Å². The second-order valence-corrected chi connectivity index (χ2v) is 8.24. The number of nitro benzene ring substituents is 1. The van der Waals surface area contributed by atoms with E-state index in [9.17, 15) is 36.5 Å². The van der Waals surface area contributed by atoms with Gasteiger partial charge >= 0.3 is 18.0 Å². The minimum Gasteiger partial charge on any atom is -0.457 e. The van der Waals surface area contributed by atoms with E-state index in [0.717, 1.165) is 42.5 Å². The molecular formula is C20H7Cl4F6NO4. The van der Waals surface area contributed by atoms with Gasteiger partial charge < -0.3 is 9.47 Å². The largest absolute Gasteiger partial charge is 0.457 e. The molecular weight excluding hydrogens is 574 g/mol. The van der Waals surface area contributed by atoms with Gasteiger partial charge in [-0.25, -0.2) is 0 Å². The van der Waals surface area contributed by atoms with Crippen LogP contribution in [0.1, 0.15) is 11.1 Å². The molecule has 0 N–H and O–H groups in total. The minimum absolute atomic E-state index is 0.165. The van der Waals surface area contributed by atoms with Gasteiger partial charge in [0.2, 0.25) is 5.75 Å². The number of alkyl halides is 6. The summed E-state index contributed by atoms with van der Waals surface area (Å²) in [5, 5.41) is 8.22. The molecule has 3 aromatic rings. The smallest absolute Gasteiger partial charge is 0.419 e. The maximum absolute atomic E-state index is 13.0. The number of benzene rings is 3. The number of ether oxygens (including phenoxy) is 2. The van der Waals surface area contributed by atoms with Crippen LogP contribution in [0.25, 0.3) is 0 Å². The van der Waals surface area contributed by atoms with Crippen molar-refractivity contribution in [3.63, 3.8) is 0 Å². The van der Waals surface area contributed by atoms with Crippen LogP contribution in [0.2, 0.25) is 20.1 Å². The van der Waals surface area contributed by atoms with E-state index in [1.54, 1.807) is 0 Å². The molecule has 0 spiro atoms. The molecule has 186 valence electrons. The summed E-state index contributed by atoms with van der Waals surface area (Å²) in [6.07, 6.45) is -9.69. The molecule has 0 aliphatic heterocycles. The molecule has 0 aromatic heterocycles. The average molecular weight is 581 g/mol. The predicted octanol–water partition coefficient (Wildman–Crippen LogP) is 9.83. The minimum atomic E-state index is -4.86. The van der Waals surface area contributed by atoms with Crippen LogP contribution in [0.5, 0.6) is 23.0 Å². The summed E-state index contributed by atoms with van der Waals surface area (Å²) in [4.78, 5) is 10.5. The van der Waals surface area contributed by atoms with Crippen molar-refractivity contribution in [3.8, 4) is 23.0 Å². The van der Waals surface area contributed by atoms with Crippen LogP contribution >= 0.6 is 46.4 Å². The first-order chi connectivity index (χ1) is 16.1. The first kappa shape index (κ1) is 27.0. The molecule has 0 saturated heterocycles. The van der Waals surface area contributed by atoms with Gasteiger partial charge in [-0.2, -0.15) is 26.3 Å². The second-order valence-electron chi connectivity index (χ2n) is 6.61. The van der Waals surface area contributed by atoms with Gasteiger partial charge in [0.25, 0.3) is 0 Å². The molecule has 35 heavy (non-hydrogen) atoms. The summed E-state index contributed by atoms with van der Waals surface area (Å²) in [7, 11) is 0. The van der Waals surface area contributed by atoms with Crippen molar-refractivity contribution in [1.29, 1.82) is 0 Å². The Morgan fingerprint density at radius 1 is 0.657 bits per heavy atom. The van der Waals surface area contributed by atoms with Crippen LogP contribution in [0.4, 0.5) is 32.0 Å². The van der Waals surface area contributed by atoms with Crippen molar-refractivity contribution in [2.75, 3.05) is 0 Å². The van der Waals surface area contributed by atoms with Gasteiger partial charge in [0.05, 0.1) is 36.1 Å². The first-order valence-electron chi connectivity index (χ1n) is 8.84. The molecule has 3 rings (SSSR count). The number of nitrogens with zero attached hydrogens (tertiary/aromatic N) is 1. The van der Waals surface area contributed by atoms with E-state index in [4.69, 9.17) is 55.9 Å². The van der Waals surface area contributed by atoms with Crippen LogP contribution in [0.3, 0.4) is 0 Å². The fourth-order valence-corrected chi connectivity index (χ4v) is 4.18. The van der Waals surface area contributed by atoms with Crippen LogP contribution in [-0.4, -0.2) is 4.92 Å². The summed E-state index contributed by atoms with van der Waals surface area (Å²) in [5.74, 6) is -1.27. The van der Waals surface area contributed by atoms with Crippen molar-refractivity contribution in [3.05, 3.63) is 83.8 Å². The fourth-order valence-electron chi connectivity index (χ4n) is 2.81. The lowest BCUT2D eigenvalue weighted by Crippen LogP contribution is -2.07. The third-order valence-corrected chi connectivity index (χ3v) is 5.38. The highest BCUT2D eigenvalue weighted by Crippen LogP contribution is 2.45. The molecule has 0 amide bonds. The van der Waals surface area contributed by atoms with E-state index < -0.39 is 59.9 Å². The highest BCUT2D eigenvalue weighted by atomic mass is 35.5. The quantitative estimate of drug-likeness (QED) is 0.171. The Morgan fingerprint density at radius 2 is 1.06 bits per heavy atom. The molecule has 3 aromatic carbocycles. The fraction of sp³-hybridized carbons (Fsp3) is 0.100. The van der Waals surface area contributed by atoms with Crippen molar-refractivity contribution in [1.82, 2.24) is 0 Å². The molecule has 0 unspecified atom stereocenters. The van der Waals surface area contributed by atoms with Crippen LogP contribution < -0.4 is 9.47 Å². The van der Waals surface area contributed by atoms with E-state index in [1.807, 2.05) is 0 Å². The van der Waals surface area contributed by atoms with Crippen LogP contribution in [0, 0.1) is 10.1 Å². The van der Waals surface area contributed by atoms with E-state index in [-0.39, 0.29) is 17.2 Å². The van der Waals surface area contributed by atoms with Gasteiger partial charge in [0, 0.05) is 36.4 Å². The summed E-state index contributed by atoms with van der Waals surface area (Å²) in [6, 6.07) is 6.16. The Kier molecular flexibility index (Phi) is 7.56. The molecule has 0 radical (unpaired) electrons. The number of nitro groups is 1. The van der Waals surface area contributed by atoms with Gasteiger partial charge in [0.1, 0.15) is 17.2 Å². The lowest BCUT2D eigenvalue weighted by molar-refractivity contribution is -0.385. The lowest BCUT2D eigenvalue weighted by atomic mass is 10.2. The Bertz CT molecular complexity index is 1270. The van der Waals surface area contributed by atoms with E-state index in [1.165, 1.54) is 0 Å². The van der Waals surface area contributed by atoms with Gasteiger partial charge in [-0.3, -0.25) is 10.1 Å². The van der Waals surface area contributed by atoms with E-state index >= 15 is 0 Å². The van der Waals surface area contributed by atoms with Crippen molar-refractivity contribution in [2.45, 2.75) is 12.4 Å². The topological polar surface area (TPSA) is 61.6 Å². The third kappa shape index (κ3) is 6.16. The maximum atomic E-state index is 13.0. The molecule has 0 aliphatic carbocycles.